The van der Waals surface area contributed by atoms with Gasteiger partial charge in [-0.25, -0.2) is 4.39 Å². The van der Waals surface area contributed by atoms with Crippen LogP contribution in [-0.4, -0.2) is 35.8 Å². The van der Waals surface area contributed by atoms with Crippen LogP contribution in [0, 0.1) is 5.82 Å². The number of anilines is 1. The Balaban J connectivity index is 0.00000176. The van der Waals surface area contributed by atoms with Crippen LogP contribution in [0.5, 0.6) is 0 Å². The first kappa shape index (κ1) is 16.7. The summed E-state index contributed by atoms with van der Waals surface area (Å²) in [6.07, 6.45) is 1.94. The SMILES string of the molecule is Cl.NCC1CCCN1C(=O)C1CC(=O)Nc2cc(F)ccc21. The topological polar surface area (TPSA) is 75.4 Å². The number of amides is 2. The lowest BCUT2D eigenvalue weighted by Crippen LogP contribution is -2.44. The molecule has 2 aliphatic rings. The van der Waals surface area contributed by atoms with Crippen molar-refractivity contribution >= 4 is 29.9 Å². The van der Waals surface area contributed by atoms with E-state index in [9.17, 15) is 14.0 Å². The Labute approximate surface area is 134 Å². The number of rotatable bonds is 2. The fraction of sp³-hybridized carbons (Fsp3) is 0.467. The molecule has 0 radical (unpaired) electrons. The van der Waals surface area contributed by atoms with Gasteiger partial charge < -0.3 is 16.0 Å². The molecule has 2 amide bonds. The number of carbonyl (C=O) groups excluding carboxylic acids is 2. The molecule has 2 heterocycles. The average molecular weight is 328 g/mol. The van der Waals surface area contributed by atoms with Crippen molar-refractivity contribution in [3.05, 3.63) is 29.6 Å². The highest BCUT2D eigenvalue weighted by molar-refractivity contribution is 6.01. The quantitative estimate of drug-likeness (QED) is 0.866. The summed E-state index contributed by atoms with van der Waals surface area (Å²) in [5, 5.41) is 2.63. The monoisotopic (exact) mass is 327 g/mol. The fourth-order valence-electron chi connectivity index (χ4n) is 3.23. The molecule has 0 saturated carbocycles. The minimum atomic E-state index is -0.540. The number of nitrogens with two attached hydrogens (primary N) is 1. The second-order valence-electron chi connectivity index (χ2n) is 5.60. The molecule has 3 rings (SSSR count). The standard InChI is InChI=1S/C15H18FN3O2.ClH/c16-9-3-4-11-12(7-14(20)18-13(11)6-9)15(21)19-5-1-2-10(19)8-17;/h3-4,6,10,12H,1-2,5,7-8,17H2,(H,18,20);1H. The minimum Gasteiger partial charge on any atom is -0.338 e. The van der Waals surface area contributed by atoms with Gasteiger partial charge >= 0.3 is 0 Å². The van der Waals surface area contributed by atoms with Crippen LogP contribution < -0.4 is 11.1 Å². The Morgan fingerprint density at radius 2 is 2.23 bits per heavy atom. The third-order valence-corrected chi connectivity index (χ3v) is 4.28. The Kier molecular flexibility index (Phi) is 5.03. The van der Waals surface area contributed by atoms with Gasteiger partial charge in [-0.15, -0.1) is 12.4 Å². The van der Waals surface area contributed by atoms with E-state index in [1.807, 2.05) is 0 Å². The number of nitrogens with zero attached hydrogens (tertiary/aromatic N) is 1. The highest BCUT2D eigenvalue weighted by Gasteiger charge is 2.37. The summed E-state index contributed by atoms with van der Waals surface area (Å²) < 4.78 is 13.3. The third kappa shape index (κ3) is 2.94. The van der Waals surface area contributed by atoms with Gasteiger partial charge in [-0.05, 0) is 30.5 Å². The van der Waals surface area contributed by atoms with E-state index in [0.29, 0.717) is 24.3 Å². The van der Waals surface area contributed by atoms with Crippen LogP contribution >= 0.6 is 12.4 Å². The molecule has 2 unspecified atom stereocenters. The zero-order chi connectivity index (χ0) is 15.0. The van der Waals surface area contributed by atoms with Crippen molar-refractivity contribution in [2.24, 2.45) is 5.73 Å². The van der Waals surface area contributed by atoms with Crippen LogP contribution in [0.1, 0.15) is 30.7 Å². The number of carbonyl (C=O) groups is 2. The van der Waals surface area contributed by atoms with E-state index in [1.54, 1.807) is 11.0 Å². The summed E-state index contributed by atoms with van der Waals surface area (Å²) in [5.41, 5.74) is 6.79. The maximum absolute atomic E-state index is 13.3. The van der Waals surface area contributed by atoms with Gasteiger partial charge in [0.2, 0.25) is 11.8 Å². The number of hydrogen-bond donors (Lipinski definition) is 2. The zero-order valence-electron chi connectivity index (χ0n) is 12.0. The van der Waals surface area contributed by atoms with Crippen molar-refractivity contribution in [3.8, 4) is 0 Å². The molecular weight excluding hydrogens is 309 g/mol. The number of fused-ring (bicyclic) bond motifs is 1. The smallest absolute Gasteiger partial charge is 0.231 e. The predicted octanol–water partition coefficient (Wildman–Crippen LogP) is 1.62. The first-order valence-corrected chi connectivity index (χ1v) is 7.20. The number of nitrogens with one attached hydrogen (secondary N) is 1. The highest BCUT2D eigenvalue weighted by atomic mass is 35.5. The molecular formula is C15H19ClFN3O2. The molecule has 0 aliphatic carbocycles. The summed E-state index contributed by atoms with van der Waals surface area (Å²) in [7, 11) is 0. The van der Waals surface area contributed by atoms with E-state index in [4.69, 9.17) is 5.73 Å². The Hall–Kier alpha value is -1.66. The zero-order valence-corrected chi connectivity index (χ0v) is 12.9. The highest BCUT2D eigenvalue weighted by Crippen LogP contribution is 2.35. The molecule has 0 spiro atoms. The lowest BCUT2D eigenvalue weighted by Gasteiger charge is -2.31. The van der Waals surface area contributed by atoms with Gasteiger partial charge in [-0.3, -0.25) is 9.59 Å². The van der Waals surface area contributed by atoms with Crippen molar-refractivity contribution < 1.29 is 14.0 Å². The molecule has 3 N–H and O–H groups in total. The van der Waals surface area contributed by atoms with Crippen molar-refractivity contribution in [2.45, 2.75) is 31.2 Å². The van der Waals surface area contributed by atoms with E-state index in [1.165, 1.54) is 12.1 Å². The van der Waals surface area contributed by atoms with Crippen molar-refractivity contribution in [1.82, 2.24) is 4.90 Å². The lowest BCUT2D eigenvalue weighted by molar-refractivity contribution is -0.135. The van der Waals surface area contributed by atoms with Crippen molar-refractivity contribution in [3.63, 3.8) is 0 Å². The fourth-order valence-corrected chi connectivity index (χ4v) is 3.23. The molecule has 0 aromatic heterocycles. The first-order chi connectivity index (χ1) is 10.1. The number of halogens is 2. The van der Waals surface area contributed by atoms with Crippen LogP contribution in [-0.2, 0) is 9.59 Å². The molecule has 1 aromatic rings. The number of benzene rings is 1. The van der Waals surface area contributed by atoms with Crippen LogP contribution in [0.25, 0.3) is 0 Å². The minimum absolute atomic E-state index is 0. The number of likely N-dealkylation sites (tertiary alicyclic amines) is 1. The molecule has 5 nitrogen and oxygen atoms in total. The average Bonchev–Trinajstić information content (AvgIpc) is 2.93. The molecule has 2 aliphatic heterocycles. The second kappa shape index (κ2) is 6.62. The summed E-state index contributed by atoms with van der Waals surface area (Å²) in [6.45, 7) is 1.11. The maximum atomic E-state index is 13.3. The first-order valence-electron chi connectivity index (χ1n) is 7.20. The van der Waals surface area contributed by atoms with Crippen molar-refractivity contribution in [2.75, 3.05) is 18.4 Å². The van der Waals surface area contributed by atoms with Gasteiger partial charge in [0.25, 0.3) is 0 Å². The molecule has 120 valence electrons. The lowest BCUT2D eigenvalue weighted by atomic mass is 9.89. The van der Waals surface area contributed by atoms with Crippen LogP contribution in [0.4, 0.5) is 10.1 Å². The predicted molar refractivity (Wildman–Crippen MR) is 83.4 cm³/mol. The van der Waals surface area contributed by atoms with E-state index >= 15 is 0 Å². The van der Waals surface area contributed by atoms with E-state index in [2.05, 4.69) is 5.32 Å². The molecule has 1 aromatic carbocycles. The Morgan fingerprint density at radius 1 is 1.45 bits per heavy atom. The molecule has 7 heteroatoms. The Bertz CT molecular complexity index is 596. The van der Waals surface area contributed by atoms with Crippen LogP contribution in [0.3, 0.4) is 0 Å². The normalized spacial score (nSPS) is 23.5. The summed E-state index contributed by atoms with van der Waals surface area (Å²) >= 11 is 0. The molecule has 1 saturated heterocycles. The third-order valence-electron chi connectivity index (χ3n) is 4.28. The van der Waals surface area contributed by atoms with Gasteiger partial charge in [0, 0.05) is 31.2 Å². The second-order valence-corrected chi connectivity index (χ2v) is 5.60. The van der Waals surface area contributed by atoms with Gasteiger partial charge in [0.1, 0.15) is 5.82 Å². The van der Waals surface area contributed by atoms with Gasteiger partial charge in [-0.2, -0.15) is 0 Å². The molecule has 22 heavy (non-hydrogen) atoms. The number of hydrogen-bond acceptors (Lipinski definition) is 3. The van der Waals surface area contributed by atoms with Gasteiger partial charge in [0.05, 0.1) is 5.92 Å². The molecule has 1 fully saturated rings. The maximum Gasteiger partial charge on any atom is 0.231 e. The van der Waals surface area contributed by atoms with Gasteiger partial charge in [-0.1, -0.05) is 6.07 Å². The summed E-state index contributed by atoms with van der Waals surface area (Å²) in [4.78, 5) is 26.3. The molecule has 0 bridgehead atoms. The summed E-state index contributed by atoms with van der Waals surface area (Å²) in [6, 6.07) is 4.21. The van der Waals surface area contributed by atoms with Crippen molar-refractivity contribution in [1.29, 1.82) is 0 Å². The Morgan fingerprint density at radius 3 is 2.95 bits per heavy atom. The van der Waals surface area contributed by atoms with E-state index < -0.39 is 11.7 Å². The van der Waals surface area contributed by atoms with Gasteiger partial charge in [0.15, 0.2) is 0 Å². The summed E-state index contributed by atoms with van der Waals surface area (Å²) in [5.74, 6) is -1.30. The van der Waals surface area contributed by atoms with Crippen LogP contribution in [0.15, 0.2) is 18.2 Å². The largest absolute Gasteiger partial charge is 0.338 e. The molecule has 2 atom stereocenters. The van der Waals surface area contributed by atoms with E-state index in [0.717, 1.165) is 12.8 Å². The van der Waals surface area contributed by atoms with E-state index in [-0.39, 0.29) is 36.7 Å². The van der Waals surface area contributed by atoms with Crippen LogP contribution in [0.2, 0.25) is 0 Å².